The smallest absolute Gasteiger partial charge is 0.314 e. The largest absolute Gasteiger partial charge is 0.338 e. The van der Waals surface area contributed by atoms with Gasteiger partial charge in [-0.3, -0.25) is 0 Å². The molecule has 2 amide bonds. The maximum atomic E-state index is 11.7. The summed E-state index contributed by atoms with van der Waals surface area (Å²) < 4.78 is 0. The van der Waals surface area contributed by atoms with Crippen LogP contribution in [0, 0.1) is 0 Å². The maximum Gasteiger partial charge on any atom is 0.314 e. The average molecular weight is 277 g/mol. The van der Waals surface area contributed by atoms with E-state index in [1.807, 2.05) is 32.3 Å². The van der Waals surface area contributed by atoms with Crippen molar-refractivity contribution in [1.82, 2.24) is 15.5 Å². The van der Waals surface area contributed by atoms with Crippen LogP contribution in [0.15, 0.2) is 30.3 Å². The Labute approximate surface area is 122 Å². The summed E-state index contributed by atoms with van der Waals surface area (Å²) >= 11 is 0. The summed E-state index contributed by atoms with van der Waals surface area (Å²) in [6.45, 7) is 6.57. The molecule has 0 spiro atoms. The highest BCUT2D eigenvalue weighted by molar-refractivity contribution is 5.73. The van der Waals surface area contributed by atoms with E-state index in [1.54, 1.807) is 0 Å². The number of hydrogen-bond donors (Lipinski definition) is 2. The Morgan fingerprint density at radius 3 is 2.40 bits per heavy atom. The predicted octanol–water partition coefficient (Wildman–Crippen LogP) is 2.22. The van der Waals surface area contributed by atoms with E-state index < -0.39 is 0 Å². The zero-order valence-electron chi connectivity index (χ0n) is 13.1. The topological polar surface area (TPSA) is 44.4 Å². The van der Waals surface area contributed by atoms with Crippen LogP contribution < -0.4 is 10.6 Å². The van der Waals surface area contributed by atoms with Crippen molar-refractivity contribution in [3.63, 3.8) is 0 Å². The van der Waals surface area contributed by atoms with E-state index in [4.69, 9.17) is 0 Å². The second kappa shape index (κ2) is 7.90. The average Bonchev–Trinajstić information content (AvgIpc) is 2.42. The van der Waals surface area contributed by atoms with Crippen LogP contribution in [0.2, 0.25) is 0 Å². The fourth-order valence-corrected chi connectivity index (χ4v) is 1.95. The summed E-state index contributed by atoms with van der Waals surface area (Å²) in [7, 11) is 4.06. The Morgan fingerprint density at radius 2 is 1.80 bits per heavy atom. The molecule has 0 bridgehead atoms. The molecule has 0 atom stereocenters. The van der Waals surface area contributed by atoms with Crippen molar-refractivity contribution >= 4 is 6.03 Å². The highest BCUT2D eigenvalue weighted by Crippen LogP contribution is 2.21. The molecule has 0 radical (unpaired) electrons. The second-order valence-electron chi connectivity index (χ2n) is 6.02. The Kier molecular flexibility index (Phi) is 6.52. The normalized spacial score (nSPS) is 11.4. The number of benzene rings is 1. The summed E-state index contributed by atoms with van der Waals surface area (Å²) in [5.41, 5.74) is 1.16. The van der Waals surface area contributed by atoms with Gasteiger partial charge in [-0.1, -0.05) is 44.2 Å². The molecule has 1 rings (SSSR count). The van der Waals surface area contributed by atoms with Crippen LogP contribution in [0.25, 0.3) is 0 Å². The van der Waals surface area contributed by atoms with Gasteiger partial charge in [-0.2, -0.15) is 0 Å². The van der Waals surface area contributed by atoms with Gasteiger partial charge in [-0.15, -0.1) is 0 Å². The van der Waals surface area contributed by atoms with Crippen molar-refractivity contribution < 1.29 is 4.79 Å². The number of rotatable bonds is 7. The molecular weight excluding hydrogens is 250 g/mol. The number of urea groups is 1. The molecular formula is C16H27N3O. The van der Waals surface area contributed by atoms with Gasteiger partial charge in [0.15, 0.2) is 0 Å². The van der Waals surface area contributed by atoms with Gasteiger partial charge in [0.2, 0.25) is 0 Å². The van der Waals surface area contributed by atoms with E-state index in [9.17, 15) is 4.79 Å². The molecule has 4 nitrogen and oxygen atoms in total. The number of hydrogen-bond acceptors (Lipinski definition) is 2. The van der Waals surface area contributed by atoms with Crippen molar-refractivity contribution in [1.29, 1.82) is 0 Å². The first-order chi connectivity index (χ1) is 9.42. The lowest BCUT2D eigenvalue weighted by Gasteiger charge is -2.25. The van der Waals surface area contributed by atoms with Crippen molar-refractivity contribution in [2.75, 3.05) is 33.7 Å². The number of carbonyl (C=O) groups is 1. The van der Waals surface area contributed by atoms with Crippen LogP contribution in [-0.4, -0.2) is 44.7 Å². The number of nitrogens with one attached hydrogen (secondary N) is 2. The molecule has 0 aliphatic rings. The molecule has 20 heavy (non-hydrogen) atoms. The molecule has 0 saturated carbocycles. The molecule has 2 N–H and O–H groups in total. The Balaban J connectivity index is 2.30. The molecule has 0 unspecified atom stereocenters. The van der Waals surface area contributed by atoms with E-state index in [2.05, 4.69) is 41.5 Å². The lowest BCUT2D eigenvalue weighted by atomic mass is 9.85. The van der Waals surface area contributed by atoms with Gasteiger partial charge >= 0.3 is 6.03 Å². The van der Waals surface area contributed by atoms with Gasteiger partial charge in [-0.25, -0.2) is 4.79 Å². The summed E-state index contributed by atoms with van der Waals surface area (Å²) in [6, 6.07) is 10.2. The van der Waals surface area contributed by atoms with Crippen molar-refractivity contribution in [2.45, 2.75) is 25.7 Å². The Hall–Kier alpha value is -1.55. The van der Waals surface area contributed by atoms with E-state index in [-0.39, 0.29) is 11.4 Å². The minimum Gasteiger partial charge on any atom is -0.338 e. The first-order valence-corrected chi connectivity index (χ1v) is 7.14. The molecule has 0 aliphatic heterocycles. The van der Waals surface area contributed by atoms with E-state index in [1.165, 1.54) is 5.56 Å². The number of nitrogens with zero attached hydrogens (tertiary/aromatic N) is 1. The Bertz CT molecular complexity index is 401. The van der Waals surface area contributed by atoms with Crippen LogP contribution in [0.5, 0.6) is 0 Å². The minimum atomic E-state index is -0.0900. The van der Waals surface area contributed by atoms with Crippen LogP contribution in [0.3, 0.4) is 0 Å². The molecule has 4 heteroatoms. The van der Waals surface area contributed by atoms with Gasteiger partial charge in [0, 0.05) is 18.5 Å². The molecule has 0 fully saturated rings. The summed E-state index contributed by atoms with van der Waals surface area (Å²) in [6.07, 6.45) is 0.961. The third kappa shape index (κ3) is 6.06. The number of amides is 2. The molecule has 0 aliphatic carbocycles. The predicted molar refractivity (Wildman–Crippen MR) is 84.0 cm³/mol. The molecule has 112 valence electrons. The number of carbonyl (C=O) groups excluding carboxylic acids is 1. The van der Waals surface area contributed by atoms with Crippen molar-refractivity contribution in [3.8, 4) is 0 Å². The second-order valence-corrected chi connectivity index (χ2v) is 6.02. The van der Waals surface area contributed by atoms with E-state index in [0.717, 1.165) is 13.0 Å². The lowest BCUT2D eigenvalue weighted by Crippen LogP contribution is -2.42. The molecule has 0 heterocycles. The third-order valence-electron chi connectivity index (χ3n) is 3.31. The summed E-state index contributed by atoms with van der Waals surface area (Å²) in [5, 5.41) is 5.83. The zero-order valence-corrected chi connectivity index (χ0v) is 13.1. The zero-order chi connectivity index (χ0) is 15.0. The monoisotopic (exact) mass is 277 g/mol. The minimum absolute atomic E-state index is 0.0672. The van der Waals surface area contributed by atoms with Gasteiger partial charge in [0.05, 0.1) is 0 Å². The van der Waals surface area contributed by atoms with E-state index >= 15 is 0 Å². The van der Waals surface area contributed by atoms with Crippen LogP contribution in [0.1, 0.15) is 25.8 Å². The molecule has 1 aromatic carbocycles. The SMILES string of the molecule is CN(C)CCCNC(=O)NCC(C)(C)c1ccccc1. The van der Waals surface area contributed by atoms with Crippen LogP contribution in [0.4, 0.5) is 4.79 Å². The molecule has 0 aromatic heterocycles. The first kappa shape index (κ1) is 16.5. The fraction of sp³-hybridized carbons (Fsp3) is 0.562. The van der Waals surface area contributed by atoms with Gasteiger partial charge in [-0.05, 0) is 32.6 Å². The fourth-order valence-electron chi connectivity index (χ4n) is 1.95. The van der Waals surface area contributed by atoms with Gasteiger partial charge in [0.25, 0.3) is 0 Å². The summed E-state index contributed by atoms with van der Waals surface area (Å²) in [5.74, 6) is 0. The maximum absolute atomic E-state index is 11.7. The highest BCUT2D eigenvalue weighted by atomic mass is 16.2. The third-order valence-corrected chi connectivity index (χ3v) is 3.31. The molecule has 0 saturated heterocycles. The highest BCUT2D eigenvalue weighted by Gasteiger charge is 2.20. The van der Waals surface area contributed by atoms with Crippen molar-refractivity contribution in [2.24, 2.45) is 0 Å². The quantitative estimate of drug-likeness (QED) is 0.751. The van der Waals surface area contributed by atoms with Crippen LogP contribution >= 0.6 is 0 Å². The Morgan fingerprint density at radius 1 is 1.15 bits per heavy atom. The van der Waals surface area contributed by atoms with Gasteiger partial charge in [0.1, 0.15) is 0 Å². The van der Waals surface area contributed by atoms with Crippen LogP contribution in [-0.2, 0) is 5.41 Å². The van der Waals surface area contributed by atoms with Gasteiger partial charge < -0.3 is 15.5 Å². The summed E-state index contributed by atoms with van der Waals surface area (Å²) in [4.78, 5) is 13.8. The lowest BCUT2D eigenvalue weighted by molar-refractivity contribution is 0.237. The first-order valence-electron chi connectivity index (χ1n) is 7.14. The molecule has 1 aromatic rings. The van der Waals surface area contributed by atoms with E-state index in [0.29, 0.717) is 13.1 Å². The van der Waals surface area contributed by atoms with Crippen molar-refractivity contribution in [3.05, 3.63) is 35.9 Å². The standard InChI is InChI=1S/C16H27N3O/c1-16(2,14-9-6-5-7-10-14)13-18-15(20)17-11-8-12-19(3)4/h5-7,9-10H,8,11-13H2,1-4H3,(H2,17,18,20).